The predicted molar refractivity (Wildman–Crippen MR) is 113 cm³/mol. The number of rotatable bonds is 5. The maximum absolute atomic E-state index is 13.0. The van der Waals surface area contributed by atoms with Crippen molar-refractivity contribution in [1.29, 1.82) is 0 Å². The Kier molecular flexibility index (Phi) is 4.87. The number of aryl methyl sites for hydroxylation is 2. The van der Waals surface area contributed by atoms with E-state index in [1.807, 2.05) is 31.2 Å². The zero-order valence-electron chi connectivity index (χ0n) is 16.9. The number of para-hydroxylation sites is 1. The van der Waals surface area contributed by atoms with Crippen molar-refractivity contribution in [2.45, 2.75) is 26.9 Å². The molecular formula is C23H21N3O4. The minimum Gasteiger partial charge on any atom is -0.451 e. The fourth-order valence-electron chi connectivity index (χ4n) is 3.60. The highest BCUT2D eigenvalue weighted by atomic mass is 16.5. The number of hydrogen-bond acceptors (Lipinski definition) is 4. The summed E-state index contributed by atoms with van der Waals surface area (Å²) in [5, 5.41) is 0.805. The Labute approximate surface area is 172 Å². The number of nitrogens with one attached hydrogen (secondary N) is 2. The van der Waals surface area contributed by atoms with Crippen molar-refractivity contribution in [3.63, 3.8) is 0 Å². The van der Waals surface area contributed by atoms with Gasteiger partial charge >= 0.3 is 11.7 Å². The average molecular weight is 403 g/mol. The smallest absolute Gasteiger partial charge is 0.338 e. The number of esters is 1. The van der Waals surface area contributed by atoms with Crippen LogP contribution in [0.25, 0.3) is 16.6 Å². The van der Waals surface area contributed by atoms with E-state index < -0.39 is 12.1 Å². The first kappa shape index (κ1) is 19.4. The lowest BCUT2D eigenvalue weighted by Crippen LogP contribution is -2.25. The van der Waals surface area contributed by atoms with E-state index in [9.17, 15) is 14.4 Å². The summed E-state index contributed by atoms with van der Waals surface area (Å²) in [6, 6.07) is 14.0. The molecule has 30 heavy (non-hydrogen) atoms. The lowest BCUT2D eigenvalue weighted by atomic mass is 10.0. The Balaban J connectivity index is 1.53. The number of carbonyl (C=O) groups excluding carboxylic acids is 2. The third-order valence-electron chi connectivity index (χ3n) is 5.11. The third-order valence-corrected chi connectivity index (χ3v) is 5.11. The van der Waals surface area contributed by atoms with Crippen LogP contribution in [0.2, 0.25) is 0 Å². The summed E-state index contributed by atoms with van der Waals surface area (Å²) >= 11 is 0. The van der Waals surface area contributed by atoms with Crippen LogP contribution < -0.4 is 5.69 Å². The molecule has 0 spiro atoms. The van der Waals surface area contributed by atoms with Crippen molar-refractivity contribution in [2.75, 3.05) is 0 Å². The van der Waals surface area contributed by atoms with E-state index in [4.69, 9.17) is 4.74 Å². The van der Waals surface area contributed by atoms with Crippen molar-refractivity contribution in [2.24, 2.45) is 0 Å². The maximum Gasteiger partial charge on any atom is 0.338 e. The van der Waals surface area contributed by atoms with Gasteiger partial charge < -0.3 is 14.7 Å². The standard InChI is InChI=1S/C23H21N3O4/c1-13-12-24-23(29)26(13)17-10-8-16(9-11-17)22(28)30-15(3)21(27)20-14(2)25-19-7-5-4-6-18(19)20/h4-12,15,25H,1-3H3,(H,24,29). The molecule has 0 aliphatic carbocycles. The highest BCUT2D eigenvalue weighted by molar-refractivity contribution is 6.11. The van der Waals surface area contributed by atoms with Gasteiger partial charge in [0.1, 0.15) is 0 Å². The van der Waals surface area contributed by atoms with Crippen LogP contribution in [0.5, 0.6) is 0 Å². The molecule has 4 rings (SSSR count). The molecule has 0 bridgehead atoms. The van der Waals surface area contributed by atoms with Crippen LogP contribution >= 0.6 is 0 Å². The number of Topliss-reactive ketones (excluding diaryl/α,β-unsaturated/α-hetero) is 1. The number of hydrogen-bond donors (Lipinski definition) is 2. The number of fused-ring (bicyclic) bond motifs is 1. The van der Waals surface area contributed by atoms with Gasteiger partial charge in [-0.3, -0.25) is 9.36 Å². The van der Waals surface area contributed by atoms with Crippen molar-refractivity contribution in [3.05, 3.63) is 87.7 Å². The minimum absolute atomic E-state index is 0.254. The van der Waals surface area contributed by atoms with Gasteiger partial charge in [-0.25, -0.2) is 9.59 Å². The third kappa shape index (κ3) is 3.34. The molecule has 7 nitrogen and oxygen atoms in total. The number of nitrogens with zero attached hydrogens (tertiary/aromatic N) is 1. The van der Waals surface area contributed by atoms with Gasteiger partial charge in [-0.05, 0) is 51.1 Å². The summed E-state index contributed by atoms with van der Waals surface area (Å²) < 4.78 is 6.93. The summed E-state index contributed by atoms with van der Waals surface area (Å²) in [7, 11) is 0. The van der Waals surface area contributed by atoms with E-state index in [1.165, 1.54) is 4.57 Å². The summed E-state index contributed by atoms with van der Waals surface area (Å²) in [6.07, 6.45) is 0.675. The second-order valence-corrected chi connectivity index (χ2v) is 7.20. The van der Waals surface area contributed by atoms with Crippen LogP contribution in [-0.4, -0.2) is 32.4 Å². The Hall–Kier alpha value is -3.87. The molecule has 0 aliphatic heterocycles. The first-order chi connectivity index (χ1) is 14.4. The van der Waals surface area contributed by atoms with Crippen LogP contribution in [0, 0.1) is 13.8 Å². The van der Waals surface area contributed by atoms with Gasteiger partial charge in [0.2, 0.25) is 5.78 Å². The SMILES string of the molecule is Cc1[nH]c2ccccc2c1C(=O)C(C)OC(=O)c1ccc(-n2c(C)c[nH]c2=O)cc1. The molecule has 2 aromatic carbocycles. The quantitative estimate of drug-likeness (QED) is 0.392. The molecule has 7 heteroatoms. The number of imidazole rings is 1. The zero-order chi connectivity index (χ0) is 21.4. The molecule has 4 aromatic rings. The highest BCUT2D eigenvalue weighted by Crippen LogP contribution is 2.24. The molecule has 2 N–H and O–H groups in total. The van der Waals surface area contributed by atoms with Gasteiger partial charge in [0.25, 0.3) is 0 Å². The second-order valence-electron chi connectivity index (χ2n) is 7.20. The molecule has 1 unspecified atom stereocenters. The number of aromatic nitrogens is 3. The zero-order valence-corrected chi connectivity index (χ0v) is 16.9. The Morgan fingerprint density at radius 2 is 1.73 bits per heavy atom. The molecule has 0 saturated heterocycles. The number of benzene rings is 2. The average Bonchev–Trinajstić information content (AvgIpc) is 3.25. The summed E-state index contributed by atoms with van der Waals surface area (Å²) in [5.74, 6) is -0.859. The van der Waals surface area contributed by atoms with Crippen molar-refractivity contribution in [3.8, 4) is 5.69 Å². The van der Waals surface area contributed by atoms with Crippen molar-refractivity contribution < 1.29 is 14.3 Å². The first-order valence-corrected chi connectivity index (χ1v) is 9.57. The molecule has 0 fully saturated rings. The fraction of sp³-hybridized carbons (Fsp3) is 0.174. The highest BCUT2D eigenvalue weighted by Gasteiger charge is 2.25. The van der Waals surface area contributed by atoms with Crippen LogP contribution in [0.3, 0.4) is 0 Å². The topological polar surface area (TPSA) is 96.9 Å². The van der Waals surface area contributed by atoms with E-state index in [-0.39, 0.29) is 11.5 Å². The predicted octanol–water partition coefficient (Wildman–Crippen LogP) is 3.69. The van der Waals surface area contributed by atoms with E-state index >= 15 is 0 Å². The van der Waals surface area contributed by atoms with Crippen molar-refractivity contribution in [1.82, 2.24) is 14.5 Å². The number of carbonyl (C=O) groups is 2. The number of ketones is 1. The summed E-state index contributed by atoms with van der Waals surface area (Å²) in [5.41, 5.74) is 3.57. The molecular weight excluding hydrogens is 382 g/mol. The second kappa shape index (κ2) is 7.51. The Morgan fingerprint density at radius 3 is 2.40 bits per heavy atom. The molecule has 2 heterocycles. The summed E-state index contributed by atoms with van der Waals surface area (Å²) in [4.78, 5) is 43.2. The molecule has 0 saturated carbocycles. The molecule has 1 atom stereocenters. The normalized spacial score (nSPS) is 12.1. The molecule has 0 radical (unpaired) electrons. The molecule has 152 valence electrons. The van der Waals surface area contributed by atoms with Gasteiger partial charge in [-0.2, -0.15) is 0 Å². The first-order valence-electron chi connectivity index (χ1n) is 9.57. The van der Waals surface area contributed by atoms with Crippen LogP contribution in [0.1, 0.15) is 39.0 Å². The molecule has 0 amide bonds. The van der Waals surface area contributed by atoms with E-state index in [0.29, 0.717) is 16.8 Å². The lowest BCUT2D eigenvalue weighted by Gasteiger charge is -2.13. The number of ether oxygens (including phenoxy) is 1. The van der Waals surface area contributed by atoms with Gasteiger partial charge in [0.15, 0.2) is 6.10 Å². The van der Waals surface area contributed by atoms with Gasteiger partial charge in [0, 0.05) is 34.1 Å². The van der Waals surface area contributed by atoms with Gasteiger partial charge in [-0.1, -0.05) is 18.2 Å². The van der Waals surface area contributed by atoms with Gasteiger partial charge in [0.05, 0.1) is 11.3 Å². The van der Waals surface area contributed by atoms with Crippen LogP contribution in [-0.2, 0) is 4.74 Å². The van der Waals surface area contributed by atoms with Crippen LogP contribution in [0.15, 0.2) is 59.5 Å². The van der Waals surface area contributed by atoms with E-state index in [2.05, 4.69) is 9.97 Å². The van der Waals surface area contributed by atoms with Crippen molar-refractivity contribution >= 4 is 22.7 Å². The summed E-state index contributed by atoms with van der Waals surface area (Å²) in [6.45, 7) is 5.20. The fourth-order valence-corrected chi connectivity index (χ4v) is 3.60. The molecule has 2 aromatic heterocycles. The minimum atomic E-state index is -0.940. The number of aromatic amines is 2. The monoisotopic (exact) mass is 403 g/mol. The van der Waals surface area contributed by atoms with Gasteiger partial charge in [-0.15, -0.1) is 0 Å². The maximum atomic E-state index is 13.0. The molecule has 0 aliphatic rings. The number of H-pyrrole nitrogens is 2. The largest absolute Gasteiger partial charge is 0.451 e. The van der Waals surface area contributed by atoms with E-state index in [1.54, 1.807) is 44.3 Å². The Morgan fingerprint density at radius 1 is 1.03 bits per heavy atom. The lowest BCUT2D eigenvalue weighted by molar-refractivity contribution is 0.0319. The van der Waals surface area contributed by atoms with Crippen LogP contribution in [0.4, 0.5) is 0 Å². The Bertz CT molecular complexity index is 1310. The van der Waals surface area contributed by atoms with E-state index in [0.717, 1.165) is 22.3 Å².